The van der Waals surface area contributed by atoms with Gasteiger partial charge in [0.25, 0.3) is 5.91 Å². The fourth-order valence-electron chi connectivity index (χ4n) is 2.12. The molecule has 1 heterocycles. The Kier molecular flexibility index (Phi) is 4.05. The Bertz CT molecular complexity index is 621. The lowest BCUT2D eigenvalue weighted by molar-refractivity contribution is 0.0944. The molecule has 2 rings (SSSR count). The average molecular weight is 274 g/mol. The molecule has 0 radical (unpaired) electrons. The van der Waals surface area contributed by atoms with Crippen molar-refractivity contribution in [3.05, 3.63) is 46.8 Å². The van der Waals surface area contributed by atoms with Crippen LogP contribution in [0, 0.1) is 13.8 Å². The fourth-order valence-corrected chi connectivity index (χ4v) is 2.12. The molecule has 6 nitrogen and oxygen atoms in total. The third-order valence-electron chi connectivity index (χ3n) is 3.08. The maximum Gasteiger partial charge on any atom is 0.287 e. The molecule has 0 atom stereocenters. The van der Waals surface area contributed by atoms with Gasteiger partial charge in [-0.2, -0.15) is 0 Å². The van der Waals surface area contributed by atoms with Gasteiger partial charge in [-0.25, -0.2) is 5.84 Å². The van der Waals surface area contributed by atoms with Crippen molar-refractivity contribution in [2.75, 3.05) is 11.9 Å². The zero-order valence-corrected chi connectivity index (χ0v) is 11.8. The van der Waals surface area contributed by atoms with E-state index in [4.69, 9.17) is 10.4 Å². The first-order chi connectivity index (χ1) is 9.51. The molecule has 0 unspecified atom stereocenters. The fraction of sp³-hybridized carbons (Fsp3) is 0.286. The van der Waals surface area contributed by atoms with Gasteiger partial charge < -0.3 is 9.42 Å². The standard InChI is InChI=1S/C14H18N4O2/c1-9-4-5-13(10(2)6-9)18(3)8-11-7-12(17-20-11)14(19)16-15/h4-7H,8,15H2,1-3H3,(H,16,19). The van der Waals surface area contributed by atoms with Gasteiger partial charge in [0.1, 0.15) is 0 Å². The quantitative estimate of drug-likeness (QED) is 0.502. The lowest BCUT2D eigenvalue weighted by Gasteiger charge is -2.20. The van der Waals surface area contributed by atoms with Crippen LogP contribution in [-0.4, -0.2) is 18.1 Å². The smallest absolute Gasteiger partial charge is 0.287 e. The number of nitrogen functional groups attached to an aromatic ring is 1. The second kappa shape index (κ2) is 5.75. The summed E-state index contributed by atoms with van der Waals surface area (Å²) in [5, 5.41) is 3.68. The highest BCUT2D eigenvalue weighted by molar-refractivity contribution is 5.91. The number of hydrogen-bond donors (Lipinski definition) is 2. The van der Waals surface area contributed by atoms with E-state index in [0.29, 0.717) is 12.3 Å². The molecular weight excluding hydrogens is 256 g/mol. The maximum atomic E-state index is 11.3. The Morgan fingerprint density at radius 2 is 2.15 bits per heavy atom. The molecule has 3 N–H and O–H groups in total. The first-order valence-corrected chi connectivity index (χ1v) is 6.26. The highest BCUT2D eigenvalue weighted by atomic mass is 16.5. The normalized spacial score (nSPS) is 10.4. The van der Waals surface area contributed by atoms with E-state index in [1.54, 1.807) is 6.07 Å². The van der Waals surface area contributed by atoms with Crippen LogP contribution in [0.25, 0.3) is 0 Å². The van der Waals surface area contributed by atoms with E-state index in [1.165, 1.54) is 11.1 Å². The molecule has 0 saturated heterocycles. The lowest BCUT2D eigenvalue weighted by Crippen LogP contribution is -2.30. The van der Waals surface area contributed by atoms with Gasteiger partial charge >= 0.3 is 0 Å². The predicted molar refractivity (Wildman–Crippen MR) is 76.2 cm³/mol. The largest absolute Gasteiger partial charge is 0.367 e. The van der Waals surface area contributed by atoms with E-state index in [9.17, 15) is 4.79 Å². The van der Waals surface area contributed by atoms with Crippen LogP contribution in [0.3, 0.4) is 0 Å². The third-order valence-corrected chi connectivity index (χ3v) is 3.08. The molecule has 1 aromatic carbocycles. The van der Waals surface area contributed by atoms with Crippen molar-refractivity contribution in [1.82, 2.24) is 10.6 Å². The van der Waals surface area contributed by atoms with E-state index >= 15 is 0 Å². The molecule has 0 aliphatic carbocycles. The third kappa shape index (κ3) is 2.97. The Hall–Kier alpha value is -2.34. The Balaban J connectivity index is 2.13. The van der Waals surface area contributed by atoms with E-state index in [2.05, 4.69) is 37.2 Å². The number of aromatic nitrogens is 1. The van der Waals surface area contributed by atoms with Gasteiger partial charge in [0.05, 0.1) is 6.54 Å². The highest BCUT2D eigenvalue weighted by Gasteiger charge is 2.13. The summed E-state index contributed by atoms with van der Waals surface area (Å²) in [7, 11) is 1.96. The van der Waals surface area contributed by atoms with Crippen molar-refractivity contribution in [3.8, 4) is 0 Å². The number of hydrazine groups is 1. The van der Waals surface area contributed by atoms with Gasteiger partial charge in [0.2, 0.25) is 0 Å². The summed E-state index contributed by atoms with van der Waals surface area (Å²) in [6.07, 6.45) is 0. The number of nitrogens with one attached hydrogen (secondary N) is 1. The van der Waals surface area contributed by atoms with Crippen molar-refractivity contribution < 1.29 is 9.32 Å². The van der Waals surface area contributed by atoms with Crippen LogP contribution in [0.4, 0.5) is 5.69 Å². The molecule has 0 bridgehead atoms. The van der Waals surface area contributed by atoms with Crippen LogP contribution in [-0.2, 0) is 6.54 Å². The summed E-state index contributed by atoms with van der Waals surface area (Å²) in [5.74, 6) is 5.19. The van der Waals surface area contributed by atoms with Crippen molar-refractivity contribution in [1.29, 1.82) is 0 Å². The molecule has 0 aliphatic heterocycles. The molecule has 1 amide bonds. The van der Waals surface area contributed by atoms with Gasteiger partial charge in [-0.1, -0.05) is 22.9 Å². The number of carbonyl (C=O) groups excluding carboxylic acids is 1. The minimum Gasteiger partial charge on any atom is -0.367 e. The number of amides is 1. The number of rotatable bonds is 4. The highest BCUT2D eigenvalue weighted by Crippen LogP contribution is 2.21. The van der Waals surface area contributed by atoms with E-state index in [0.717, 1.165) is 5.69 Å². The van der Waals surface area contributed by atoms with Crippen molar-refractivity contribution in [3.63, 3.8) is 0 Å². The monoisotopic (exact) mass is 274 g/mol. The number of nitrogens with two attached hydrogens (primary N) is 1. The first kappa shape index (κ1) is 14.1. The summed E-state index contributed by atoms with van der Waals surface area (Å²) < 4.78 is 5.14. The topological polar surface area (TPSA) is 84.4 Å². The SMILES string of the molecule is Cc1ccc(N(C)Cc2cc(C(=O)NN)no2)c(C)c1. The molecule has 6 heteroatoms. The molecule has 2 aromatic rings. The van der Waals surface area contributed by atoms with Gasteiger partial charge in [-0.05, 0) is 25.5 Å². The number of benzene rings is 1. The minimum atomic E-state index is -0.464. The molecule has 1 aromatic heterocycles. The Morgan fingerprint density at radius 3 is 2.80 bits per heavy atom. The Morgan fingerprint density at radius 1 is 1.40 bits per heavy atom. The zero-order chi connectivity index (χ0) is 14.7. The van der Waals surface area contributed by atoms with Crippen LogP contribution < -0.4 is 16.2 Å². The minimum absolute atomic E-state index is 0.177. The number of anilines is 1. The summed E-state index contributed by atoms with van der Waals surface area (Å²) in [6, 6.07) is 7.84. The summed E-state index contributed by atoms with van der Waals surface area (Å²) in [6.45, 7) is 4.65. The van der Waals surface area contributed by atoms with Crippen molar-refractivity contribution in [2.24, 2.45) is 5.84 Å². The molecule has 0 fully saturated rings. The second-order valence-corrected chi connectivity index (χ2v) is 4.80. The van der Waals surface area contributed by atoms with E-state index in [-0.39, 0.29) is 5.69 Å². The molecule has 0 spiro atoms. The van der Waals surface area contributed by atoms with Crippen molar-refractivity contribution >= 4 is 11.6 Å². The van der Waals surface area contributed by atoms with Crippen LogP contribution in [0.2, 0.25) is 0 Å². The first-order valence-electron chi connectivity index (χ1n) is 6.26. The molecule has 20 heavy (non-hydrogen) atoms. The van der Waals surface area contributed by atoms with Gasteiger partial charge in [0, 0.05) is 18.8 Å². The number of aryl methyl sites for hydroxylation is 2. The molecular formula is C14H18N4O2. The lowest BCUT2D eigenvalue weighted by atomic mass is 10.1. The number of carbonyl (C=O) groups is 1. The van der Waals surface area contributed by atoms with Crippen LogP contribution in [0.5, 0.6) is 0 Å². The summed E-state index contributed by atoms with van der Waals surface area (Å²) >= 11 is 0. The van der Waals surface area contributed by atoms with E-state index < -0.39 is 5.91 Å². The maximum absolute atomic E-state index is 11.3. The zero-order valence-electron chi connectivity index (χ0n) is 11.8. The molecule has 106 valence electrons. The second-order valence-electron chi connectivity index (χ2n) is 4.80. The summed E-state index contributed by atoms with van der Waals surface area (Å²) in [5.41, 5.74) is 5.72. The predicted octanol–water partition coefficient (Wildman–Crippen LogP) is 1.53. The molecule has 0 aliphatic rings. The molecule has 0 saturated carbocycles. The van der Waals surface area contributed by atoms with E-state index in [1.807, 2.05) is 17.4 Å². The Labute approximate surface area is 117 Å². The average Bonchev–Trinajstić information content (AvgIpc) is 2.86. The van der Waals surface area contributed by atoms with Crippen LogP contribution in [0.1, 0.15) is 27.4 Å². The summed E-state index contributed by atoms with van der Waals surface area (Å²) in [4.78, 5) is 13.3. The van der Waals surface area contributed by atoms with Crippen molar-refractivity contribution in [2.45, 2.75) is 20.4 Å². The van der Waals surface area contributed by atoms with Crippen LogP contribution in [0.15, 0.2) is 28.8 Å². The number of hydrogen-bond acceptors (Lipinski definition) is 5. The van der Waals surface area contributed by atoms with Gasteiger partial charge in [-0.3, -0.25) is 10.2 Å². The van der Waals surface area contributed by atoms with Crippen LogP contribution >= 0.6 is 0 Å². The van der Waals surface area contributed by atoms with Gasteiger partial charge in [0.15, 0.2) is 11.5 Å². The van der Waals surface area contributed by atoms with Gasteiger partial charge in [-0.15, -0.1) is 0 Å². The number of nitrogens with zero attached hydrogens (tertiary/aromatic N) is 2.